The van der Waals surface area contributed by atoms with Crippen molar-refractivity contribution in [3.8, 4) is 0 Å². The summed E-state index contributed by atoms with van der Waals surface area (Å²) in [6.07, 6.45) is 2.01. The number of nitrogens with zero attached hydrogens (tertiary/aromatic N) is 2. The molecule has 0 radical (unpaired) electrons. The predicted octanol–water partition coefficient (Wildman–Crippen LogP) is 1.09. The van der Waals surface area contributed by atoms with Crippen LogP contribution in [0.5, 0.6) is 0 Å². The lowest BCUT2D eigenvalue weighted by atomic mass is 10.3. The summed E-state index contributed by atoms with van der Waals surface area (Å²) in [5, 5.41) is 3.53. The normalized spacial score (nSPS) is 15.0. The largest absolute Gasteiger partial charge is 0.461 e. The summed E-state index contributed by atoms with van der Waals surface area (Å²) in [6, 6.07) is 1.33. The Morgan fingerprint density at radius 2 is 2.18 bits per heavy atom. The zero-order chi connectivity index (χ0) is 12.3. The van der Waals surface area contributed by atoms with Crippen molar-refractivity contribution in [3.63, 3.8) is 0 Å². The maximum absolute atomic E-state index is 11.9. The van der Waals surface area contributed by atoms with Gasteiger partial charge in [0.1, 0.15) is 0 Å². The Bertz CT molecular complexity index is 421. The van der Waals surface area contributed by atoms with E-state index >= 15 is 0 Å². The number of hydrogen-bond donors (Lipinski definition) is 0. The Balaban J connectivity index is 2.07. The van der Waals surface area contributed by atoms with E-state index in [1.54, 1.807) is 11.8 Å². The van der Waals surface area contributed by atoms with Gasteiger partial charge in [0.25, 0.3) is 5.91 Å². The van der Waals surface area contributed by atoms with Crippen molar-refractivity contribution in [2.45, 2.75) is 19.8 Å². The van der Waals surface area contributed by atoms with Crippen molar-refractivity contribution < 1.29 is 18.8 Å². The van der Waals surface area contributed by atoms with E-state index in [0.29, 0.717) is 0 Å². The molecule has 2 heterocycles. The fourth-order valence-corrected chi connectivity index (χ4v) is 1.75. The highest BCUT2D eigenvalue weighted by Gasteiger charge is 2.24. The molecule has 0 N–H and O–H groups in total. The van der Waals surface area contributed by atoms with Gasteiger partial charge in [0, 0.05) is 19.2 Å². The maximum Gasteiger partial charge on any atom is 0.360 e. The molecule has 92 valence electrons. The molecule has 6 nitrogen and oxygen atoms in total. The summed E-state index contributed by atoms with van der Waals surface area (Å²) >= 11 is 0. The van der Waals surface area contributed by atoms with Crippen LogP contribution in [0.4, 0.5) is 0 Å². The molecule has 0 aliphatic carbocycles. The number of esters is 1. The maximum atomic E-state index is 11.9. The summed E-state index contributed by atoms with van der Waals surface area (Å²) in [5.74, 6) is -0.697. The minimum atomic E-state index is -0.572. The molecule has 0 aromatic carbocycles. The molecule has 0 bridgehead atoms. The van der Waals surface area contributed by atoms with Crippen molar-refractivity contribution in [1.29, 1.82) is 0 Å². The molecule has 1 fully saturated rings. The standard InChI is InChI=1S/C11H14N2O4/c1-2-16-11(15)8-7-9(17-12-8)10(14)13-5-3-4-6-13/h7H,2-6H2,1H3. The molecule has 17 heavy (non-hydrogen) atoms. The van der Waals surface area contributed by atoms with E-state index in [4.69, 9.17) is 9.26 Å². The van der Waals surface area contributed by atoms with Crippen LogP contribution in [-0.4, -0.2) is 41.6 Å². The van der Waals surface area contributed by atoms with Crippen molar-refractivity contribution in [2.24, 2.45) is 0 Å². The van der Waals surface area contributed by atoms with Gasteiger partial charge in [-0.15, -0.1) is 0 Å². The van der Waals surface area contributed by atoms with Crippen LogP contribution in [-0.2, 0) is 4.74 Å². The molecule has 6 heteroatoms. The lowest BCUT2D eigenvalue weighted by molar-refractivity contribution is 0.0513. The summed E-state index contributed by atoms with van der Waals surface area (Å²) in [7, 11) is 0. The zero-order valence-electron chi connectivity index (χ0n) is 9.64. The molecule has 1 amide bonds. The second-order valence-corrected chi connectivity index (χ2v) is 3.80. The van der Waals surface area contributed by atoms with E-state index in [1.807, 2.05) is 0 Å². The molecule has 0 atom stereocenters. The Kier molecular flexibility index (Phi) is 3.41. The summed E-state index contributed by atoms with van der Waals surface area (Å²) in [4.78, 5) is 24.9. The van der Waals surface area contributed by atoms with Crippen LogP contribution in [0, 0.1) is 0 Å². The number of aromatic nitrogens is 1. The minimum absolute atomic E-state index is 0.0365. The van der Waals surface area contributed by atoms with E-state index in [9.17, 15) is 9.59 Å². The molecule has 0 saturated carbocycles. The number of carbonyl (C=O) groups is 2. The summed E-state index contributed by atoms with van der Waals surface area (Å²) in [6.45, 7) is 3.43. The summed E-state index contributed by atoms with van der Waals surface area (Å²) in [5.41, 5.74) is 0.0365. The second kappa shape index (κ2) is 4.99. The Morgan fingerprint density at radius 3 is 2.82 bits per heavy atom. The van der Waals surface area contributed by atoms with Crippen LogP contribution >= 0.6 is 0 Å². The van der Waals surface area contributed by atoms with Crippen molar-refractivity contribution in [2.75, 3.05) is 19.7 Å². The highest BCUT2D eigenvalue weighted by molar-refractivity contribution is 5.95. The first-order chi connectivity index (χ1) is 8.22. The fourth-order valence-electron chi connectivity index (χ4n) is 1.75. The van der Waals surface area contributed by atoms with Crippen molar-refractivity contribution >= 4 is 11.9 Å². The smallest absolute Gasteiger partial charge is 0.360 e. The third-order valence-electron chi connectivity index (χ3n) is 2.60. The Labute approximate surface area is 98.5 Å². The van der Waals surface area contributed by atoms with Gasteiger partial charge in [-0.2, -0.15) is 0 Å². The van der Waals surface area contributed by atoms with Crippen LogP contribution < -0.4 is 0 Å². The van der Waals surface area contributed by atoms with Crippen molar-refractivity contribution in [1.82, 2.24) is 10.1 Å². The van der Waals surface area contributed by atoms with Crippen LogP contribution in [0.3, 0.4) is 0 Å². The lowest BCUT2D eigenvalue weighted by Crippen LogP contribution is -2.27. The first-order valence-electron chi connectivity index (χ1n) is 5.65. The highest BCUT2D eigenvalue weighted by atomic mass is 16.5. The SMILES string of the molecule is CCOC(=O)c1cc(C(=O)N2CCCC2)on1. The van der Waals surface area contributed by atoms with Gasteiger partial charge in [-0.3, -0.25) is 4.79 Å². The van der Waals surface area contributed by atoms with Crippen LogP contribution in [0.25, 0.3) is 0 Å². The van der Waals surface area contributed by atoms with Crippen molar-refractivity contribution in [3.05, 3.63) is 17.5 Å². The molecular formula is C11H14N2O4. The number of ether oxygens (including phenoxy) is 1. The van der Waals surface area contributed by atoms with Gasteiger partial charge in [-0.25, -0.2) is 4.79 Å². The average Bonchev–Trinajstić information content (AvgIpc) is 3.00. The van der Waals surface area contributed by atoms with E-state index in [2.05, 4.69) is 5.16 Å². The molecule has 1 aromatic rings. The summed E-state index contributed by atoms with van der Waals surface area (Å²) < 4.78 is 9.62. The second-order valence-electron chi connectivity index (χ2n) is 3.80. The third-order valence-corrected chi connectivity index (χ3v) is 2.60. The molecule has 1 aliphatic heterocycles. The first kappa shape index (κ1) is 11.6. The predicted molar refractivity (Wildman–Crippen MR) is 57.6 cm³/mol. The first-order valence-corrected chi connectivity index (χ1v) is 5.65. The molecule has 0 unspecified atom stereocenters. The Morgan fingerprint density at radius 1 is 1.47 bits per heavy atom. The topological polar surface area (TPSA) is 72.6 Å². The molecule has 1 aliphatic rings. The lowest BCUT2D eigenvalue weighted by Gasteiger charge is -2.11. The van der Waals surface area contributed by atoms with Gasteiger partial charge in [-0.05, 0) is 19.8 Å². The van der Waals surface area contributed by atoms with E-state index in [0.717, 1.165) is 25.9 Å². The van der Waals surface area contributed by atoms with Gasteiger partial charge in [0.2, 0.25) is 5.76 Å². The van der Waals surface area contributed by atoms with E-state index in [1.165, 1.54) is 6.07 Å². The monoisotopic (exact) mass is 238 g/mol. The number of hydrogen-bond acceptors (Lipinski definition) is 5. The van der Waals surface area contributed by atoms with E-state index in [-0.39, 0.29) is 24.0 Å². The molecule has 1 saturated heterocycles. The highest BCUT2D eigenvalue weighted by Crippen LogP contribution is 2.14. The fraction of sp³-hybridized carbons (Fsp3) is 0.545. The van der Waals surface area contributed by atoms with Gasteiger partial charge < -0.3 is 14.2 Å². The number of amides is 1. The van der Waals surface area contributed by atoms with Gasteiger partial charge in [0.15, 0.2) is 5.69 Å². The zero-order valence-corrected chi connectivity index (χ0v) is 9.64. The molecule has 2 rings (SSSR count). The molecule has 0 spiro atoms. The minimum Gasteiger partial charge on any atom is -0.461 e. The van der Waals surface area contributed by atoms with Gasteiger partial charge >= 0.3 is 5.97 Å². The van der Waals surface area contributed by atoms with Gasteiger partial charge in [0.05, 0.1) is 6.61 Å². The number of likely N-dealkylation sites (tertiary alicyclic amines) is 1. The quantitative estimate of drug-likeness (QED) is 0.737. The third kappa shape index (κ3) is 2.46. The van der Waals surface area contributed by atoms with Gasteiger partial charge in [-0.1, -0.05) is 5.16 Å². The van der Waals surface area contributed by atoms with Crippen LogP contribution in [0.1, 0.15) is 40.8 Å². The van der Waals surface area contributed by atoms with Crippen LogP contribution in [0.2, 0.25) is 0 Å². The number of carbonyl (C=O) groups excluding carboxylic acids is 2. The molecular weight excluding hydrogens is 224 g/mol. The Hall–Kier alpha value is -1.85. The number of rotatable bonds is 3. The van der Waals surface area contributed by atoms with Crippen LogP contribution in [0.15, 0.2) is 10.6 Å². The van der Waals surface area contributed by atoms with E-state index < -0.39 is 5.97 Å². The molecule has 1 aromatic heterocycles. The average molecular weight is 238 g/mol.